The van der Waals surface area contributed by atoms with E-state index in [1.54, 1.807) is 48.5 Å². The van der Waals surface area contributed by atoms with E-state index < -0.39 is 12.5 Å². The number of amides is 1. The molecule has 0 aromatic heterocycles. The molecule has 0 spiro atoms. The van der Waals surface area contributed by atoms with E-state index in [0.29, 0.717) is 29.0 Å². The number of nitrogens with one attached hydrogen (secondary N) is 1. The predicted octanol–water partition coefficient (Wildman–Crippen LogP) is 2.24. The van der Waals surface area contributed by atoms with Gasteiger partial charge >= 0.3 is 5.97 Å². The SMILES string of the molecule is O=C=Nc1ccc(C(=O)c2ccc(OCCCC(=O)NCC(=O)O)cc2)cc1. The third kappa shape index (κ3) is 6.51. The summed E-state index contributed by atoms with van der Waals surface area (Å²) in [6, 6.07) is 12.9. The van der Waals surface area contributed by atoms with Crippen LogP contribution < -0.4 is 10.1 Å². The average Bonchev–Trinajstić information content (AvgIpc) is 2.70. The Balaban J connectivity index is 1.82. The normalized spacial score (nSPS) is 9.86. The molecule has 2 aromatic carbocycles. The number of carbonyl (C=O) groups excluding carboxylic acids is 3. The molecule has 0 saturated heterocycles. The molecule has 0 radical (unpaired) electrons. The Morgan fingerprint density at radius 2 is 1.61 bits per heavy atom. The maximum atomic E-state index is 12.4. The van der Waals surface area contributed by atoms with Gasteiger partial charge in [-0.25, -0.2) is 4.79 Å². The van der Waals surface area contributed by atoms with Crippen molar-refractivity contribution in [2.75, 3.05) is 13.2 Å². The van der Waals surface area contributed by atoms with Crippen molar-refractivity contribution >= 4 is 29.4 Å². The number of ketones is 1. The van der Waals surface area contributed by atoms with Gasteiger partial charge in [-0.3, -0.25) is 14.4 Å². The Morgan fingerprint density at radius 1 is 1.00 bits per heavy atom. The monoisotopic (exact) mass is 382 g/mol. The molecule has 2 rings (SSSR count). The van der Waals surface area contributed by atoms with E-state index in [1.165, 1.54) is 6.08 Å². The Kier molecular flexibility index (Phi) is 7.63. The van der Waals surface area contributed by atoms with Crippen molar-refractivity contribution in [2.45, 2.75) is 12.8 Å². The highest BCUT2D eigenvalue weighted by Crippen LogP contribution is 2.18. The number of carboxylic acids is 1. The quantitative estimate of drug-likeness (QED) is 0.281. The minimum Gasteiger partial charge on any atom is -0.494 e. The number of nitrogens with zero attached hydrogens (tertiary/aromatic N) is 1. The second-order valence-corrected chi connectivity index (χ2v) is 5.73. The minimum atomic E-state index is -1.09. The van der Waals surface area contributed by atoms with Crippen molar-refractivity contribution in [3.63, 3.8) is 0 Å². The van der Waals surface area contributed by atoms with E-state index >= 15 is 0 Å². The molecule has 0 saturated carbocycles. The van der Waals surface area contributed by atoms with Crippen LogP contribution in [0.1, 0.15) is 28.8 Å². The van der Waals surface area contributed by atoms with Gasteiger partial charge < -0.3 is 15.2 Å². The first kappa shape index (κ1) is 20.5. The number of isocyanates is 1. The first-order chi connectivity index (χ1) is 13.5. The van der Waals surface area contributed by atoms with E-state index in [2.05, 4.69) is 10.3 Å². The highest BCUT2D eigenvalue weighted by Gasteiger charge is 2.09. The zero-order chi connectivity index (χ0) is 20.4. The van der Waals surface area contributed by atoms with Gasteiger partial charge in [0.1, 0.15) is 12.3 Å². The molecule has 8 nitrogen and oxygen atoms in total. The summed E-state index contributed by atoms with van der Waals surface area (Å²) in [6.07, 6.45) is 2.03. The molecule has 0 aliphatic carbocycles. The van der Waals surface area contributed by atoms with Crippen LogP contribution in [0, 0.1) is 0 Å². The summed E-state index contributed by atoms with van der Waals surface area (Å²) in [7, 11) is 0. The maximum absolute atomic E-state index is 12.4. The lowest BCUT2D eigenvalue weighted by molar-refractivity contribution is -0.137. The zero-order valence-electron chi connectivity index (χ0n) is 14.9. The van der Waals surface area contributed by atoms with Crippen molar-refractivity contribution in [2.24, 2.45) is 4.99 Å². The summed E-state index contributed by atoms with van der Waals surface area (Å²) in [6.45, 7) is -0.116. The van der Waals surface area contributed by atoms with Crippen LogP contribution in [0.15, 0.2) is 53.5 Å². The lowest BCUT2D eigenvalue weighted by atomic mass is 10.0. The molecule has 0 fully saturated rings. The molecule has 0 unspecified atom stereocenters. The Labute approximate surface area is 160 Å². The van der Waals surface area contributed by atoms with Gasteiger partial charge in [-0.05, 0) is 55.0 Å². The molecule has 2 N–H and O–H groups in total. The summed E-state index contributed by atoms with van der Waals surface area (Å²) in [5, 5.41) is 10.7. The maximum Gasteiger partial charge on any atom is 0.322 e. The largest absolute Gasteiger partial charge is 0.494 e. The van der Waals surface area contributed by atoms with Gasteiger partial charge in [0.2, 0.25) is 12.0 Å². The van der Waals surface area contributed by atoms with E-state index in [4.69, 9.17) is 9.84 Å². The van der Waals surface area contributed by atoms with Gasteiger partial charge in [0.05, 0.1) is 12.3 Å². The molecule has 0 bridgehead atoms. The van der Waals surface area contributed by atoms with E-state index in [-0.39, 0.29) is 24.7 Å². The number of aliphatic carboxylic acids is 1. The Bertz CT molecular complexity index is 884. The summed E-state index contributed by atoms with van der Waals surface area (Å²) in [5.41, 5.74) is 1.37. The zero-order valence-corrected chi connectivity index (χ0v) is 14.9. The average molecular weight is 382 g/mol. The van der Waals surface area contributed by atoms with Crippen LogP contribution in [0.25, 0.3) is 0 Å². The fraction of sp³-hybridized carbons (Fsp3) is 0.200. The van der Waals surface area contributed by atoms with Crippen LogP contribution in [-0.4, -0.2) is 42.0 Å². The van der Waals surface area contributed by atoms with Gasteiger partial charge in [-0.1, -0.05) is 0 Å². The van der Waals surface area contributed by atoms with Crippen molar-refractivity contribution in [3.05, 3.63) is 59.7 Å². The highest BCUT2D eigenvalue weighted by molar-refractivity contribution is 6.09. The van der Waals surface area contributed by atoms with Crippen molar-refractivity contribution < 1.29 is 29.0 Å². The predicted molar refractivity (Wildman–Crippen MR) is 99.5 cm³/mol. The molecule has 0 heterocycles. The molecule has 1 amide bonds. The number of rotatable bonds is 10. The van der Waals surface area contributed by atoms with E-state index in [9.17, 15) is 19.2 Å². The molecule has 0 aliphatic rings. The first-order valence-corrected chi connectivity index (χ1v) is 8.43. The number of hydrogen-bond donors (Lipinski definition) is 2. The number of carbonyl (C=O) groups is 3. The molecular weight excluding hydrogens is 364 g/mol. The molecule has 144 valence electrons. The standard InChI is InChI=1S/C20H18N2O6/c23-13-22-16-7-3-14(4-8-16)20(27)15-5-9-17(10-6-15)28-11-1-2-18(24)21-12-19(25)26/h3-10H,1-2,11-12H2,(H,21,24)(H,25,26). The number of aliphatic imine (C=N–C) groups is 1. The molecule has 0 aliphatic heterocycles. The number of hydrogen-bond acceptors (Lipinski definition) is 6. The van der Waals surface area contributed by atoms with Crippen LogP contribution in [0.2, 0.25) is 0 Å². The van der Waals surface area contributed by atoms with Crippen molar-refractivity contribution in [1.82, 2.24) is 5.32 Å². The smallest absolute Gasteiger partial charge is 0.322 e. The summed E-state index contributed by atoms with van der Waals surface area (Å²) in [4.78, 5) is 47.8. The third-order valence-corrected chi connectivity index (χ3v) is 3.67. The van der Waals surface area contributed by atoms with E-state index in [0.717, 1.165) is 0 Å². The van der Waals surface area contributed by atoms with Gasteiger partial charge in [0.25, 0.3) is 0 Å². The minimum absolute atomic E-state index is 0.161. The molecule has 2 aromatic rings. The van der Waals surface area contributed by atoms with Crippen LogP contribution in [0.3, 0.4) is 0 Å². The molecule has 0 atom stereocenters. The summed E-state index contributed by atoms with van der Waals surface area (Å²) in [5.74, 6) is -1.07. The van der Waals surface area contributed by atoms with Crippen LogP contribution in [-0.2, 0) is 14.4 Å². The fourth-order valence-electron chi connectivity index (χ4n) is 2.29. The molecular formula is C20H18N2O6. The van der Waals surface area contributed by atoms with Crippen molar-refractivity contribution in [3.8, 4) is 5.75 Å². The Morgan fingerprint density at radius 3 is 2.18 bits per heavy atom. The lowest BCUT2D eigenvalue weighted by Crippen LogP contribution is -2.29. The Hall–Kier alpha value is -3.77. The van der Waals surface area contributed by atoms with Gasteiger partial charge in [0.15, 0.2) is 5.78 Å². The fourth-order valence-corrected chi connectivity index (χ4v) is 2.29. The highest BCUT2D eigenvalue weighted by atomic mass is 16.5. The number of carboxylic acid groups (broad SMARTS) is 1. The summed E-state index contributed by atoms with van der Waals surface area (Å²) < 4.78 is 5.51. The lowest BCUT2D eigenvalue weighted by Gasteiger charge is -2.07. The van der Waals surface area contributed by atoms with Gasteiger partial charge in [0, 0.05) is 17.5 Å². The first-order valence-electron chi connectivity index (χ1n) is 8.43. The molecule has 8 heteroatoms. The topological polar surface area (TPSA) is 122 Å². The second-order valence-electron chi connectivity index (χ2n) is 5.73. The third-order valence-electron chi connectivity index (χ3n) is 3.67. The van der Waals surface area contributed by atoms with Crippen LogP contribution >= 0.6 is 0 Å². The van der Waals surface area contributed by atoms with Gasteiger partial charge in [-0.15, -0.1) is 0 Å². The number of ether oxygens (including phenoxy) is 1. The summed E-state index contributed by atoms with van der Waals surface area (Å²) >= 11 is 0. The molecule has 28 heavy (non-hydrogen) atoms. The number of benzene rings is 2. The van der Waals surface area contributed by atoms with E-state index in [1.807, 2.05) is 0 Å². The van der Waals surface area contributed by atoms with Crippen LogP contribution in [0.5, 0.6) is 5.75 Å². The van der Waals surface area contributed by atoms with Gasteiger partial charge in [-0.2, -0.15) is 4.99 Å². The van der Waals surface area contributed by atoms with Crippen LogP contribution in [0.4, 0.5) is 5.69 Å². The van der Waals surface area contributed by atoms with Crippen molar-refractivity contribution in [1.29, 1.82) is 0 Å². The second kappa shape index (κ2) is 10.4.